The molecule has 0 spiro atoms. The standard InChI is InChI=1S/C16H18N2S/c1-12(2)14-5-3-13(4-6-14)10-18-11-16-8-7-15(9-17)19-16/h3-8,12,18H,10-11H2,1-2H3. The zero-order valence-electron chi connectivity index (χ0n) is 11.3. The summed E-state index contributed by atoms with van der Waals surface area (Å²) in [6.45, 7) is 6.09. The molecule has 0 atom stereocenters. The highest BCUT2D eigenvalue weighted by Crippen LogP contribution is 2.16. The number of rotatable bonds is 5. The van der Waals surface area contributed by atoms with Crippen molar-refractivity contribution >= 4 is 11.3 Å². The van der Waals surface area contributed by atoms with E-state index in [2.05, 4.69) is 49.5 Å². The molecular weight excluding hydrogens is 252 g/mol. The van der Waals surface area contributed by atoms with Crippen molar-refractivity contribution in [1.82, 2.24) is 5.32 Å². The second-order valence-corrected chi connectivity index (χ2v) is 6.05. The summed E-state index contributed by atoms with van der Waals surface area (Å²) in [6, 6.07) is 14.8. The summed E-state index contributed by atoms with van der Waals surface area (Å²) in [7, 11) is 0. The molecule has 1 heterocycles. The zero-order valence-corrected chi connectivity index (χ0v) is 12.1. The monoisotopic (exact) mass is 270 g/mol. The molecule has 2 rings (SSSR count). The Morgan fingerprint density at radius 3 is 2.42 bits per heavy atom. The lowest BCUT2D eigenvalue weighted by molar-refractivity contribution is 0.700. The molecule has 3 heteroatoms. The minimum atomic E-state index is 0.581. The van der Waals surface area contributed by atoms with Crippen LogP contribution >= 0.6 is 11.3 Å². The minimum absolute atomic E-state index is 0.581. The van der Waals surface area contributed by atoms with E-state index in [0.717, 1.165) is 18.0 Å². The number of hydrogen-bond acceptors (Lipinski definition) is 3. The van der Waals surface area contributed by atoms with Gasteiger partial charge >= 0.3 is 0 Å². The molecule has 0 radical (unpaired) electrons. The van der Waals surface area contributed by atoms with Gasteiger partial charge in [0, 0.05) is 18.0 Å². The fourth-order valence-electron chi connectivity index (χ4n) is 1.88. The number of thiophene rings is 1. The molecule has 1 aromatic heterocycles. The lowest BCUT2D eigenvalue weighted by Crippen LogP contribution is -2.11. The predicted octanol–water partition coefficient (Wildman–Crippen LogP) is 4.03. The third kappa shape index (κ3) is 3.92. The summed E-state index contributed by atoms with van der Waals surface area (Å²) in [6.07, 6.45) is 0. The van der Waals surface area contributed by atoms with Crippen molar-refractivity contribution in [2.45, 2.75) is 32.9 Å². The van der Waals surface area contributed by atoms with Crippen molar-refractivity contribution in [3.05, 3.63) is 57.3 Å². The van der Waals surface area contributed by atoms with Gasteiger partial charge in [0.1, 0.15) is 10.9 Å². The lowest BCUT2D eigenvalue weighted by atomic mass is 10.0. The van der Waals surface area contributed by atoms with Gasteiger partial charge in [0.25, 0.3) is 0 Å². The van der Waals surface area contributed by atoms with Crippen molar-refractivity contribution in [2.75, 3.05) is 0 Å². The average molecular weight is 270 g/mol. The molecule has 19 heavy (non-hydrogen) atoms. The molecule has 2 aromatic rings. The Labute approximate surface area is 118 Å². The fraction of sp³-hybridized carbons (Fsp3) is 0.312. The number of nitrogens with one attached hydrogen (secondary N) is 1. The molecule has 1 N–H and O–H groups in total. The van der Waals surface area contributed by atoms with Gasteiger partial charge in [0.2, 0.25) is 0 Å². The first-order chi connectivity index (χ1) is 9.19. The Kier molecular flexibility index (Phi) is 4.73. The van der Waals surface area contributed by atoms with Crippen molar-refractivity contribution in [3.63, 3.8) is 0 Å². The Morgan fingerprint density at radius 2 is 1.84 bits per heavy atom. The van der Waals surface area contributed by atoms with Gasteiger partial charge in [-0.15, -0.1) is 11.3 Å². The molecular formula is C16H18N2S. The molecule has 2 nitrogen and oxygen atoms in total. The molecule has 0 aliphatic heterocycles. The Hall–Kier alpha value is -1.63. The van der Waals surface area contributed by atoms with E-state index in [1.54, 1.807) is 11.3 Å². The smallest absolute Gasteiger partial charge is 0.110 e. The van der Waals surface area contributed by atoms with Crippen LogP contribution in [0.3, 0.4) is 0 Å². The third-order valence-electron chi connectivity index (χ3n) is 3.05. The summed E-state index contributed by atoms with van der Waals surface area (Å²) in [4.78, 5) is 1.98. The summed E-state index contributed by atoms with van der Waals surface area (Å²) in [5, 5.41) is 12.2. The number of nitrogens with zero attached hydrogens (tertiary/aromatic N) is 1. The summed E-state index contributed by atoms with van der Waals surface area (Å²) >= 11 is 1.55. The van der Waals surface area contributed by atoms with Gasteiger partial charge in [-0.1, -0.05) is 38.1 Å². The van der Waals surface area contributed by atoms with Gasteiger partial charge in [0.15, 0.2) is 0 Å². The number of hydrogen-bond donors (Lipinski definition) is 1. The van der Waals surface area contributed by atoms with Gasteiger partial charge in [-0.25, -0.2) is 0 Å². The number of benzene rings is 1. The topological polar surface area (TPSA) is 35.8 Å². The molecule has 1 aromatic carbocycles. The highest BCUT2D eigenvalue weighted by atomic mass is 32.1. The van der Waals surface area contributed by atoms with E-state index >= 15 is 0 Å². The van der Waals surface area contributed by atoms with Gasteiger partial charge in [-0.3, -0.25) is 0 Å². The Morgan fingerprint density at radius 1 is 1.11 bits per heavy atom. The van der Waals surface area contributed by atoms with Crippen LogP contribution in [0.4, 0.5) is 0 Å². The molecule has 0 aliphatic rings. The van der Waals surface area contributed by atoms with E-state index < -0.39 is 0 Å². The summed E-state index contributed by atoms with van der Waals surface area (Å²) in [5.74, 6) is 0.581. The van der Waals surface area contributed by atoms with Crippen LogP contribution < -0.4 is 5.32 Å². The van der Waals surface area contributed by atoms with E-state index in [1.165, 1.54) is 16.0 Å². The minimum Gasteiger partial charge on any atom is -0.308 e. The normalized spacial score (nSPS) is 10.6. The van der Waals surface area contributed by atoms with Crippen LogP contribution in [0.25, 0.3) is 0 Å². The first-order valence-corrected chi connectivity index (χ1v) is 7.29. The molecule has 0 bridgehead atoms. The van der Waals surface area contributed by atoms with E-state index in [9.17, 15) is 0 Å². The quantitative estimate of drug-likeness (QED) is 0.890. The molecule has 0 saturated heterocycles. The largest absolute Gasteiger partial charge is 0.308 e. The maximum absolute atomic E-state index is 8.77. The molecule has 0 fully saturated rings. The van der Waals surface area contributed by atoms with Gasteiger partial charge < -0.3 is 5.32 Å². The third-order valence-corrected chi connectivity index (χ3v) is 4.04. The highest BCUT2D eigenvalue weighted by Gasteiger charge is 2.01. The molecule has 0 amide bonds. The first kappa shape index (κ1) is 13.8. The van der Waals surface area contributed by atoms with Gasteiger partial charge in [0.05, 0.1) is 0 Å². The van der Waals surface area contributed by atoms with Crippen LogP contribution in [-0.2, 0) is 13.1 Å². The molecule has 0 unspecified atom stereocenters. The maximum atomic E-state index is 8.77. The van der Waals surface area contributed by atoms with E-state index in [-0.39, 0.29) is 0 Å². The Balaban J connectivity index is 1.84. The number of nitriles is 1. The van der Waals surface area contributed by atoms with Crippen LogP contribution in [0.15, 0.2) is 36.4 Å². The van der Waals surface area contributed by atoms with Crippen LogP contribution in [0.5, 0.6) is 0 Å². The van der Waals surface area contributed by atoms with Crippen molar-refractivity contribution in [2.24, 2.45) is 0 Å². The van der Waals surface area contributed by atoms with Crippen LogP contribution in [-0.4, -0.2) is 0 Å². The van der Waals surface area contributed by atoms with Crippen LogP contribution in [0, 0.1) is 11.3 Å². The van der Waals surface area contributed by atoms with Crippen molar-refractivity contribution < 1.29 is 0 Å². The highest BCUT2D eigenvalue weighted by molar-refractivity contribution is 7.12. The zero-order chi connectivity index (χ0) is 13.7. The van der Waals surface area contributed by atoms with Crippen molar-refractivity contribution in [1.29, 1.82) is 5.26 Å². The lowest BCUT2D eigenvalue weighted by Gasteiger charge is -2.07. The second-order valence-electron chi connectivity index (χ2n) is 4.88. The van der Waals surface area contributed by atoms with Crippen molar-refractivity contribution in [3.8, 4) is 6.07 Å². The molecule has 0 saturated carbocycles. The van der Waals surface area contributed by atoms with Crippen LogP contribution in [0.2, 0.25) is 0 Å². The van der Waals surface area contributed by atoms with E-state index in [4.69, 9.17) is 5.26 Å². The van der Waals surface area contributed by atoms with Gasteiger partial charge in [-0.05, 0) is 29.2 Å². The summed E-state index contributed by atoms with van der Waals surface area (Å²) < 4.78 is 0. The Bertz CT molecular complexity index is 561. The van der Waals surface area contributed by atoms with E-state index in [1.807, 2.05) is 12.1 Å². The average Bonchev–Trinajstić information content (AvgIpc) is 2.87. The van der Waals surface area contributed by atoms with Gasteiger partial charge in [-0.2, -0.15) is 5.26 Å². The molecule has 98 valence electrons. The first-order valence-electron chi connectivity index (χ1n) is 6.47. The predicted molar refractivity (Wildman–Crippen MR) is 80.1 cm³/mol. The van der Waals surface area contributed by atoms with Crippen LogP contribution in [0.1, 0.15) is 40.6 Å². The van der Waals surface area contributed by atoms with E-state index in [0.29, 0.717) is 5.92 Å². The maximum Gasteiger partial charge on any atom is 0.110 e. The molecule has 0 aliphatic carbocycles. The summed E-state index contributed by atoms with van der Waals surface area (Å²) in [5.41, 5.74) is 2.67. The second kappa shape index (κ2) is 6.51. The SMILES string of the molecule is CC(C)c1ccc(CNCc2ccc(C#N)s2)cc1. The fourth-order valence-corrected chi connectivity index (χ4v) is 2.66.